The minimum Gasteiger partial charge on any atom is -0.303 e. The van der Waals surface area contributed by atoms with Gasteiger partial charge in [-0.2, -0.15) is 5.26 Å². The maximum absolute atomic E-state index is 10.4. The van der Waals surface area contributed by atoms with Gasteiger partial charge in [0.2, 0.25) is 0 Å². The molecule has 2 nitrogen and oxygen atoms in total. The molecule has 1 atom stereocenters. The minimum absolute atomic E-state index is 0.260. The van der Waals surface area contributed by atoms with E-state index in [2.05, 4.69) is 67.8 Å². The first kappa shape index (κ1) is 24.7. The molecule has 0 radical (unpaired) electrons. The standard InChI is InChI=1S/C31H38N2/c1-5-7-12-27(6-2)31(25-32,29-13-9-8-10-14-29)19-11-22-33-23-20-30(4,21-24-33)28-17-15-26(3)16-18-28/h5-10,12-18H,2,11,19-24H2,1,3-4H3/b7-5-,27-12+. The van der Waals surface area contributed by atoms with Crippen LogP contribution in [-0.4, -0.2) is 24.5 Å². The van der Waals surface area contributed by atoms with Gasteiger partial charge in [-0.15, -0.1) is 0 Å². The molecule has 0 aromatic heterocycles. The summed E-state index contributed by atoms with van der Waals surface area (Å²) in [5, 5.41) is 10.4. The van der Waals surface area contributed by atoms with Crippen LogP contribution in [0.1, 0.15) is 56.2 Å². The number of aryl methyl sites for hydroxylation is 1. The van der Waals surface area contributed by atoms with Gasteiger partial charge in [-0.05, 0) is 81.3 Å². The second-order valence-electron chi connectivity index (χ2n) is 9.61. The molecule has 0 N–H and O–H groups in total. The van der Waals surface area contributed by atoms with E-state index in [4.69, 9.17) is 0 Å². The van der Waals surface area contributed by atoms with E-state index in [9.17, 15) is 5.26 Å². The number of benzene rings is 2. The van der Waals surface area contributed by atoms with Crippen molar-refractivity contribution >= 4 is 0 Å². The number of rotatable bonds is 9. The van der Waals surface area contributed by atoms with E-state index in [1.54, 1.807) is 0 Å². The molecule has 172 valence electrons. The Balaban J connectivity index is 1.68. The van der Waals surface area contributed by atoms with Gasteiger partial charge in [-0.1, -0.05) is 98.0 Å². The number of nitriles is 1. The molecule has 0 spiro atoms. The second-order valence-corrected chi connectivity index (χ2v) is 9.61. The molecule has 0 saturated carbocycles. The summed E-state index contributed by atoms with van der Waals surface area (Å²) in [4.78, 5) is 2.58. The first-order valence-electron chi connectivity index (χ1n) is 12.2. The number of nitrogens with zero attached hydrogens (tertiary/aromatic N) is 2. The van der Waals surface area contributed by atoms with E-state index < -0.39 is 5.41 Å². The van der Waals surface area contributed by atoms with Crippen molar-refractivity contribution in [3.63, 3.8) is 0 Å². The van der Waals surface area contributed by atoms with Crippen LogP contribution in [-0.2, 0) is 10.8 Å². The van der Waals surface area contributed by atoms with E-state index >= 15 is 0 Å². The molecule has 0 amide bonds. The third-order valence-corrected chi connectivity index (χ3v) is 7.37. The Bertz CT molecular complexity index is 999. The summed E-state index contributed by atoms with van der Waals surface area (Å²) in [7, 11) is 0. The highest BCUT2D eigenvalue weighted by molar-refractivity contribution is 5.49. The Morgan fingerprint density at radius 1 is 1.12 bits per heavy atom. The van der Waals surface area contributed by atoms with Crippen molar-refractivity contribution in [3.8, 4) is 6.07 Å². The minimum atomic E-state index is -0.672. The molecule has 3 rings (SSSR count). The van der Waals surface area contributed by atoms with E-state index in [0.29, 0.717) is 0 Å². The zero-order chi connectivity index (χ0) is 23.7. The van der Waals surface area contributed by atoms with Crippen LogP contribution in [0.5, 0.6) is 0 Å². The van der Waals surface area contributed by atoms with Gasteiger partial charge in [0.05, 0.1) is 6.07 Å². The van der Waals surface area contributed by atoms with Gasteiger partial charge in [0.25, 0.3) is 0 Å². The van der Waals surface area contributed by atoms with E-state index in [1.165, 1.54) is 24.0 Å². The van der Waals surface area contributed by atoms with Crippen LogP contribution >= 0.6 is 0 Å². The SMILES string of the molecule is C=C/C(=C\C=C/C)C(C#N)(CCCN1CCC(C)(c2ccc(C)cc2)CC1)c1ccccc1. The third kappa shape index (κ3) is 5.73. The monoisotopic (exact) mass is 438 g/mol. The van der Waals surface area contributed by atoms with Crippen molar-refractivity contribution in [1.82, 2.24) is 4.90 Å². The van der Waals surface area contributed by atoms with Crippen molar-refractivity contribution in [2.45, 2.75) is 57.3 Å². The zero-order valence-corrected chi connectivity index (χ0v) is 20.6. The molecule has 0 bridgehead atoms. The fourth-order valence-electron chi connectivity index (χ4n) is 5.03. The van der Waals surface area contributed by atoms with Crippen molar-refractivity contribution in [3.05, 3.63) is 108 Å². The summed E-state index contributed by atoms with van der Waals surface area (Å²) in [5.74, 6) is 0. The van der Waals surface area contributed by atoms with E-state index in [0.717, 1.165) is 43.6 Å². The largest absolute Gasteiger partial charge is 0.303 e. The molecule has 1 aliphatic rings. The summed E-state index contributed by atoms with van der Waals surface area (Å²) in [6, 6.07) is 22.0. The lowest BCUT2D eigenvalue weighted by Gasteiger charge is -2.40. The summed E-state index contributed by atoms with van der Waals surface area (Å²) in [6.45, 7) is 13.8. The van der Waals surface area contributed by atoms with Crippen LogP contribution in [0.4, 0.5) is 0 Å². The molecule has 1 saturated heterocycles. The molecule has 2 aromatic rings. The summed E-state index contributed by atoms with van der Waals surface area (Å²) < 4.78 is 0. The molecule has 1 aliphatic heterocycles. The molecule has 0 aliphatic carbocycles. The number of likely N-dealkylation sites (tertiary alicyclic amines) is 1. The van der Waals surface area contributed by atoms with E-state index in [1.807, 2.05) is 49.4 Å². The number of hydrogen-bond donors (Lipinski definition) is 0. The van der Waals surface area contributed by atoms with Crippen molar-refractivity contribution in [1.29, 1.82) is 5.26 Å². The molecule has 1 unspecified atom stereocenters. The molecule has 33 heavy (non-hydrogen) atoms. The molecular weight excluding hydrogens is 400 g/mol. The molecule has 1 heterocycles. The lowest BCUT2D eigenvalue weighted by molar-refractivity contribution is 0.165. The van der Waals surface area contributed by atoms with Crippen molar-refractivity contribution < 1.29 is 0 Å². The lowest BCUT2D eigenvalue weighted by atomic mass is 9.71. The highest BCUT2D eigenvalue weighted by Gasteiger charge is 2.36. The Hall–Kier alpha value is -2.89. The van der Waals surface area contributed by atoms with Gasteiger partial charge in [-0.25, -0.2) is 0 Å². The van der Waals surface area contributed by atoms with Gasteiger partial charge < -0.3 is 4.90 Å². The second kappa shape index (κ2) is 11.3. The average Bonchev–Trinajstić information content (AvgIpc) is 2.85. The van der Waals surface area contributed by atoms with Crippen LogP contribution in [0.3, 0.4) is 0 Å². The summed E-state index contributed by atoms with van der Waals surface area (Å²) in [6.07, 6.45) is 12.0. The van der Waals surface area contributed by atoms with Crippen LogP contribution in [0, 0.1) is 18.3 Å². The maximum atomic E-state index is 10.4. The number of allylic oxidation sites excluding steroid dienone is 5. The fraction of sp³-hybridized carbons (Fsp3) is 0.387. The third-order valence-electron chi connectivity index (χ3n) is 7.37. The molecule has 2 heteroatoms. The normalized spacial score (nSPS) is 18.5. The van der Waals surface area contributed by atoms with Crippen LogP contribution in [0.2, 0.25) is 0 Å². The first-order chi connectivity index (χ1) is 16.0. The highest BCUT2D eigenvalue weighted by Crippen LogP contribution is 2.38. The van der Waals surface area contributed by atoms with Crippen molar-refractivity contribution in [2.24, 2.45) is 0 Å². The first-order valence-corrected chi connectivity index (χ1v) is 12.2. The Labute approximate surface area is 201 Å². The Kier molecular flexibility index (Phi) is 8.48. The smallest absolute Gasteiger partial charge is 0.107 e. The Morgan fingerprint density at radius 2 is 1.79 bits per heavy atom. The van der Waals surface area contributed by atoms with Gasteiger partial charge >= 0.3 is 0 Å². The lowest BCUT2D eigenvalue weighted by Crippen LogP contribution is -2.41. The van der Waals surface area contributed by atoms with E-state index in [-0.39, 0.29) is 5.41 Å². The quantitative estimate of drug-likeness (QED) is 0.385. The van der Waals surface area contributed by atoms with Crippen LogP contribution in [0.15, 0.2) is 91.1 Å². The fourth-order valence-corrected chi connectivity index (χ4v) is 5.03. The topological polar surface area (TPSA) is 27.0 Å². The number of piperidine rings is 1. The Morgan fingerprint density at radius 3 is 2.36 bits per heavy atom. The predicted molar refractivity (Wildman–Crippen MR) is 140 cm³/mol. The molecule has 1 fully saturated rings. The molecular formula is C31H38N2. The number of hydrogen-bond acceptors (Lipinski definition) is 2. The van der Waals surface area contributed by atoms with Crippen LogP contribution < -0.4 is 0 Å². The highest BCUT2D eigenvalue weighted by atomic mass is 15.1. The van der Waals surface area contributed by atoms with Gasteiger partial charge in [-0.3, -0.25) is 0 Å². The van der Waals surface area contributed by atoms with Crippen LogP contribution in [0.25, 0.3) is 0 Å². The zero-order valence-electron chi connectivity index (χ0n) is 20.6. The predicted octanol–water partition coefficient (Wildman–Crippen LogP) is 7.28. The summed E-state index contributed by atoms with van der Waals surface area (Å²) in [5.41, 5.74) is 4.39. The molecule has 2 aromatic carbocycles. The maximum Gasteiger partial charge on any atom is 0.107 e. The van der Waals surface area contributed by atoms with Gasteiger partial charge in [0, 0.05) is 0 Å². The van der Waals surface area contributed by atoms with Crippen molar-refractivity contribution in [2.75, 3.05) is 19.6 Å². The van der Waals surface area contributed by atoms with Gasteiger partial charge in [0.1, 0.15) is 5.41 Å². The average molecular weight is 439 g/mol. The summed E-state index contributed by atoms with van der Waals surface area (Å²) >= 11 is 0. The van der Waals surface area contributed by atoms with Gasteiger partial charge in [0.15, 0.2) is 0 Å².